The van der Waals surface area contributed by atoms with E-state index in [1.165, 1.54) is 23.5 Å². The van der Waals surface area contributed by atoms with Crippen LogP contribution >= 0.6 is 11.3 Å². The third-order valence-electron chi connectivity index (χ3n) is 4.52. The van der Waals surface area contributed by atoms with Gasteiger partial charge in [0.05, 0.1) is 31.9 Å². The molecule has 1 amide bonds. The van der Waals surface area contributed by atoms with Crippen LogP contribution in [-0.4, -0.2) is 31.2 Å². The van der Waals surface area contributed by atoms with Crippen LogP contribution in [-0.2, 0) is 27.3 Å². The summed E-state index contributed by atoms with van der Waals surface area (Å²) in [4.78, 5) is 16.3. The van der Waals surface area contributed by atoms with Crippen LogP contribution in [0, 0.1) is 5.82 Å². The van der Waals surface area contributed by atoms with Crippen molar-refractivity contribution in [2.75, 3.05) is 25.6 Å². The molecular weight excluding hydrogens is 379 g/mol. The van der Waals surface area contributed by atoms with E-state index in [-0.39, 0.29) is 18.3 Å². The van der Waals surface area contributed by atoms with E-state index >= 15 is 0 Å². The molecule has 2 heterocycles. The zero-order valence-electron chi connectivity index (χ0n) is 15.3. The maximum Gasteiger partial charge on any atom is 0.228 e. The summed E-state index contributed by atoms with van der Waals surface area (Å²) in [6.07, 6.45) is 0.390. The first-order chi connectivity index (χ1) is 13.6. The molecule has 0 fully saturated rings. The van der Waals surface area contributed by atoms with Gasteiger partial charge in [0.2, 0.25) is 5.91 Å². The highest BCUT2D eigenvalue weighted by atomic mass is 32.1. The number of thiazole rings is 1. The zero-order valence-corrected chi connectivity index (χ0v) is 16.1. The summed E-state index contributed by atoms with van der Waals surface area (Å²) >= 11 is 1.50. The first-order valence-corrected chi connectivity index (χ1v) is 9.76. The number of hydrogen-bond donors (Lipinski definition) is 1. The number of amides is 1. The Morgan fingerprint density at radius 3 is 2.96 bits per heavy atom. The van der Waals surface area contributed by atoms with Crippen LogP contribution in [0.1, 0.15) is 11.1 Å². The predicted molar refractivity (Wildman–Crippen MR) is 107 cm³/mol. The summed E-state index contributed by atoms with van der Waals surface area (Å²) < 4.78 is 24.3. The van der Waals surface area contributed by atoms with Gasteiger partial charge in [0.25, 0.3) is 0 Å². The molecule has 4 rings (SSSR count). The lowest BCUT2D eigenvalue weighted by molar-refractivity contribution is -0.115. The number of fused-ring (bicyclic) bond motifs is 1. The second kappa shape index (κ2) is 8.18. The molecule has 0 saturated heterocycles. The number of carbonyl (C=O) groups is 1. The van der Waals surface area contributed by atoms with Crippen LogP contribution in [0.15, 0.2) is 41.8 Å². The number of aromatic nitrogens is 1. The van der Waals surface area contributed by atoms with E-state index in [0.29, 0.717) is 19.6 Å². The van der Waals surface area contributed by atoms with Crippen molar-refractivity contribution in [1.82, 2.24) is 4.98 Å². The summed E-state index contributed by atoms with van der Waals surface area (Å²) in [7, 11) is 1.61. The molecule has 144 valence electrons. The molecule has 0 saturated carbocycles. The summed E-state index contributed by atoms with van der Waals surface area (Å²) in [6.45, 7) is 1.22. The number of rotatable bonds is 7. The van der Waals surface area contributed by atoms with Gasteiger partial charge in [-0.3, -0.25) is 4.79 Å². The molecule has 1 aliphatic heterocycles. The van der Waals surface area contributed by atoms with Crippen LogP contribution < -0.4 is 5.32 Å². The molecular formula is C21H19FN2O3S. The smallest absolute Gasteiger partial charge is 0.228 e. The van der Waals surface area contributed by atoms with E-state index in [4.69, 9.17) is 14.5 Å². The molecule has 0 spiro atoms. The van der Waals surface area contributed by atoms with Crippen LogP contribution in [0.4, 0.5) is 10.1 Å². The summed E-state index contributed by atoms with van der Waals surface area (Å²) in [5, 5.41) is 5.61. The second-order valence-corrected chi connectivity index (χ2v) is 7.34. The highest BCUT2D eigenvalue weighted by molar-refractivity contribution is 7.13. The van der Waals surface area contributed by atoms with Crippen molar-refractivity contribution in [3.8, 4) is 21.8 Å². The normalized spacial score (nSPS) is 12.9. The number of hydrogen-bond acceptors (Lipinski definition) is 5. The van der Waals surface area contributed by atoms with Crippen molar-refractivity contribution >= 4 is 22.9 Å². The molecule has 2 aromatic carbocycles. The summed E-state index contributed by atoms with van der Waals surface area (Å²) in [5.41, 5.74) is 5.23. The van der Waals surface area contributed by atoms with Gasteiger partial charge < -0.3 is 14.8 Å². The third-order valence-corrected chi connectivity index (χ3v) is 5.39. The van der Waals surface area contributed by atoms with E-state index in [1.54, 1.807) is 13.2 Å². The lowest BCUT2D eigenvalue weighted by Crippen LogP contribution is -2.03. The number of anilines is 1. The molecule has 7 heteroatoms. The summed E-state index contributed by atoms with van der Waals surface area (Å²) in [5.74, 6) is -0.294. The molecule has 1 N–H and O–H groups in total. The minimum absolute atomic E-state index is 0.00976. The number of halogens is 1. The maximum atomic E-state index is 13.7. The van der Waals surface area contributed by atoms with Crippen LogP contribution in [0.5, 0.6) is 0 Å². The highest BCUT2D eigenvalue weighted by Gasteiger charge is 2.19. The molecule has 0 radical (unpaired) electrons. The van der Waals surface area contributed by atoms with Crippen molar-refractivity contribution in [2.24, 2.45) is 0 Å². The number of nitrogens with one attached hydrogen (secondary N) is 1. The fraction of sp³-hybridized carbons (Fsp3) is 0.238. The molecule has 0 atom stereocenters. The first-order valence-electron chi connectivity index (χ1n) is 8.88. The Labute approximate surface area is 166 Å². The van der Waals surface area contributed by atoms with Crippen molar-refractivity contribution in [3.05, 3.63) is 58.7 Å². The maximum absolute atomic E-state index is 13.7. The fourth-order valence-electron chi connectivity index (χ4n) is 3.13. The third kappa shape index (κ3) is 3.96. The van der Waals surface area contributed by atoms with Gasteiger partial charge in [-0.15, -0.1) is 11.3 Å². The molecule has 28 heavy (non-hydrogen) atoms. The molecule has 1 aromatic heterocycles. The standard InChI is InChI=1S/C21H19FN2O3S/c1-26-6-7-27-11-15-9-16(22)3-4-17(15)21-24-19(12-28-21)13-2-5-18-14(8-13)10-20(25)23-18/h2-5,8-9,12H,6-7,10-11H2,1H3,(H,23,25). The number of benzene rings is 2. The van der Waals surface area contributed by atoms with Crippen molar-refractivity contribution in [3.63, 3.8) is 0 Å². The minimum atomic E-state index is -0.304. The quantitative estimate of drug-likeness (QED) is 0.604. The Morgan fingerprint density at radius 1 is 1.21 bits per heavy atom. The average molecular weight is 398 g/mol. The molecule has 3 aromatic rings. The van der Waals surface area contributed by atoms with E-state index in [2.05, 4.69) is 5.32 Å². The molecule has 0 unspecified atom stereocenters. The molecule has 0 bridgehead atoms. The number of nitrogens with zero attached hydrogens (tertiary/aromatic N) is 1. The predicted octanol–water partition coefficient (Wildman–Crippen LogP) is 4.27. The molecule has 1 aliphatic rings. The Morgan fingerprint density at radius 2 is 2.11 bits per heavy atom. The zero-order chi connectivity index (χ0) is 19.5. The monoisotopic (exact) mass is 398 g/mol. The number of carbonyl (C=O) groups excluding carboxylic acids is 1. The van der Waals surface area contributed by atoms with Gasteiger partial charge in [0.15, 0.2) is 0 Å². The van der Waals surface area contributed by atoms with Crippen LogP contribution in [0.3, 0.4) is 0 Å². The van der Waals surface area contributed by atoms with Gasteiger partial charge in [0, 0.05) is 29.3 Å². The van der Waals surface area contributed by atoms with Gasteiger partial charge in [0.1, 0.15) is 10.8 Å². The average Bonchev–Trinajstić information content (AvgIpc) is 3.30. The topological polar surface area (TPSA) is 60.5 Å². The van der Waals surface area contributed by atoms with Gasteiger partial charge in [-0.05, 0) is 41.5 Å². The van der Waals surface area contributed by atoms with E-state index in [0.717, 1.165) is 38.6 Å². The van der Waals surface area contributed by atoms with Crippen LogP contribution in [0.25, 0.3) is 21.8 Å². The van der Waals surface area contributed by atoms with Gasteiger partial charge in [-0.2, -0.15) is 0 Å². The Kier molecular flexibility index (Phi) is 5.47. The van der Waals surface area contributed by atoms with Gasteiger partial charge in [-0.25, -0.2) is 9.37 Å². The van der Waals surface area contributed by atoms with Gasteiger partial charge >= 0.3 is 0 Å². The largest absolute Gasteiger partial charge is 0.382 e. The minimum Gasteiger partial charge on any atom is -0.382 e. The fourth-order valence-corrected chi connectivity index (χ4v) is 4.02. The van der Waals surface area contributed by atoms with Crippen molar-refractivity contribution in [2.45, 2.75) is 13.0 Å². The first kappa shape index (κ1) is 18.7. The van der Waals surface area contributed by atoms with Gasteiger partial charge in [-0.1, -0.05) is 6.07 Å². The SMILES string of the molecule is COCCOCc1cc(F)ccc1-c1nc(-c2ccc3c(c2)CC(=O)N3)cs1. The Bertz CT molecular complexity index is 1020. The number of ether oxygens (including phenoxy) is 2. The lowest BCUT2D eigenvalue weighted by Gasteiger charge is -2.09. The van der Waals surface area contributed by atoms with Crippen molar-refractivity contribution < 1.29 is 18.7 Å². The van der Waals surface area contributed by atoms with E-state index in [9.17, 15) is 9.18 Å². The Balaban J connectivity index is 1.59. The summed E-state index contributed by atoms with van der Waals surface area (Å²) in [6, 6.07) is 10.5. The van der Waals surface area contributed by atoms with E-state index < -0.39 is 0 Å². The Hall–Kier alpha value is -2.61. The lowest BCUT2D eigenvalue weighted by atomic mass is 10.1. The molecule has 5 nitrogen and oxygen atoms in total. The van der Waals surface area contributed by atoms with E-state index in [1.807, 2.05) is 23.6 Å². The second-order valence-electron chi connectivity index (χ2n) is 6.48. The van der Waals surface area contributed by atoms with Crippen LogP contribution in [0.2, 0.25) is 0 Å². The number of methoxy groups -OCH3 is 1. The van der Waals surface area contributed by atoms with Crippen molar-refractivity contribution in [1.29, 1.82) is 0 Å². The highest BCUT2D eigenvalue weighted by Crippen LogP contribution is 2.34. The molecule has 0 aliphatic carbocycles.